The Hall–Kier alpha value is -5.02. The number of hydrogen-bond donors (Lipinski definition) is 1. The number of anilines is 5. The van der Waals surface area contributed by atoms with E-state index in [1.165, 1.54) is 101 Å². The summed E-state index contributed by atoms with van der Waals surface area (Å²) in [6.07, 6.45) is 0. The maximum atomic E-state index is 3.92. The van der Waals surface area contributed by atoms with Crippen LogP contribution in [0.3, 0.4) is 0 Å². The minimum atomic E-state index is -0.141. The molecule has 3 aliphatic heterocycles. The van der Waals surface area contributed by atoms with Crippen molar-refractivity contribution in [3.63, 3.8) is 0 Å². The van der Waals surface area contributed by atoms with Gasteiger partial charge in [0, 0.05) is 33.5 Å². The average Bonchev–Trinajstić information content (AvgIpc) is 3.06. The lowest BCUT2D eigenvalue weighted by Gasteiger charge is -2.46. The van der Waals surface area contributed by atoms with Gasteiger partial charge >= 0.3 is 0 Å². The summed E-state index contributed by atoms with van der Waals surface area (Å²) in [6, 6.07) is 41.1. The van der Waals surface area contributed by atoms with Crippen molar-refractivity contribution in [1.29, 1.82) is 0 Å². The Morgan fingerprint density at radius 1 is 0.583 bits per heavy atom. The number of nitrogens with one attached hydrogen (secondary N) is 1. The normalized spacial score (nSPS) is 15.6. The lowest BCUT2D eigenvalue weighted by Crippen LogP contribution is -2.45. The van der Waals surface area contributed by atoms with Crippen LogP contribution < -0.4 is 21.1 Å². The van der Waals surface area contributed by atoms with Crippen LogP contribution in [0.15, 0.2) is 109 Å². The van der Waals surface area contributed by atoms with Crippen LogP contribution in [0.5, 0.6) is 0 Å². The summed E-state index contributed by atoms with van der Waals surface area (Å²) >= 11 is 0. The monoisotopic (exact) mass is 619 g/mol. The third-order valence-corrected chi connectivity index (χ3v) is 11.3. The molecule has 0 fully saturated rings. The minimum Gasteiger partial charge on any atom is -0.355 e. The molecule has 48 heavy (non-hydrogen) atoms. The van der Waals surface area contributed by atoms with Gasteiger partial charge < -0.3 is 10.2 Å². The Labute approximate surface area is 285 Å². The van der Waals surface area contributed by atoms with Gasteiger partial charge in [0.1, 0.15) is 0 Å². The van der Waals surface area contributed by atoms with Crippen molar-refractivity contribution in [3.05, 3.63) is 148 Å². The van der Waals surface area contributed by atoms with E-state index in [0.717, 1.165) is 0 Å². The predicted octanol–water partition coefficient (Wildman–Crippen LogP) is 10.4. The van der Waals surface area contributed by atoms with Crippen LogP contribution >= 0.6 is 0 Å². The van der Waals surface area contributed by atoms with E-state index in [9.17, 15) is 0 Å². The number of rotatable bonds is 2. The van der Waals surface area contributed by atoms with E-state index < -0.39 is 0 Å². The molecule has 1 N–H and O–H groups in total. The van der Waals surface area contributed by atoms with Crippen LogP contribution in [0.25, 0.3) is 22.3 Å². The largest absolute Gasteiger partial charge is 0.355 e. The van der Waals surface area contributed by atoms with Gasteiger partial charge in [-0.15, -0.1) is 0 Å². The fraction of sp³-hybridized carbons (Fsp3) is 0.200. The molecule has 1 radical (unpaired) electrons. The maximum absolute atomic E-state index is 3.92. The van der Waals surface area contributed by atoms with Crippen LogP contribution in [0.1, 0.15) is 66.6 Å². The molecule has 0 saturated heterocycles. The van der Waals surface area contributed by atoms with E-state index in [0.29, 0.717) is 0 Å². The minimum absolute atomic E-state index is 0.115. The zero-order valence-electron chi connectivity index (χ0n) is 28.9. The first-order valence-electron chi connectivity index (χ1n) is 17.2. The number of nitrogens with zero attached hydrogens (tertiary/aromatic N) is 1. The SMILES string of the molecule is Cc1cc(C)c(-c2cc(-c3cccc4c3Nc3ccccc3C4(C)C)c3c(c2)N2c4ccccc4C(C)(C)c4cccc(c42)[B]3)c(C)c1. The van der Waals surface area contributed by atoms with Crippen molar-refractivity contribution in [2.24, 2.45) is 0 Å². The van der Waals surface area contributed by atoms with Gasteiger partial charge in [-0.3, -0.25) is 0 Å². The molecule has 233 valence electrons. The summed E-state index contributed by atoms with van der Waals surface area (Å²) in [5.74, 6) is 0. The third kappa shape index (κ3) is 3.94. The zero-order valence-corrected chi connectivity index (χ0v) is 28.9. The van der Waals surface area contributed by atoms with Crippen LogP contribution in [0, 0.1) is 20.8 Å². The van der Waals surface area contributed by atoms with E-state index in [1.54, 1.807) is 0 Å². The second-order valence-corrected chi connectivity index (χ2v) is 15.1. The molecule has 0 unspecified atom stereocenters. The van der Waals surface area contributed by atoms with E-state index in [-0.39, 0.29) is 10.8 Å². The summed E-state index contributed by atoms with van der Waals surface area (Å²) < 4.78 is 0. The fourth-order valence-corrected chi connectivity index (χ4v) is 9.13. The highest BCUT2D eigenvalue weighted by Crippen LogP contribution is 2.54. The summed E-state index contributed by atoms with van der Waals surface area (Å²) in [7, 11) is 2.45. The molecule has 0 aromatic heterocycles. The molecule has 6 aromatic rings. The molecule has 3 aliphatic rings. The van der Waals surface area contributed by atoms with Gasteiger partial charge in [-0.1, -0.05) is 124 Å². The molecule has 9 rings (SSSR count). The second-order valence-electron chi connectivity index (χ2n) is 15.1. The Balaban J connectivity index is 1.38. The van der Waals surface area contributed by atoms with Crippen molar-refractivity contribution in [1.82, 2.24) is 0 Å². The number of para-hydroxylation sites is 4. The standard InChI is InChI=1S/C45H40BN2/c1-26-22-27(2)40(28(3)23-26)29-24-31(30-14-12-17-34-42(30)47-37-20-10-8-15-32(37)44(34,4)5)41-39(25-29)48-38-21-11-9-16-33(38)45(6,7)35-18-13-19-36(46-41)43(35)48/h8-25,47H,1-7H3. The third-order valence-electron chi connectivity index (χ3n) is 11.3. The topological polar surface area (TPSA) is 15.3 Å². The quantitative estimate of drug-likeness (QED) is 0.194. The highest BCUT2D eigenvalue weighted by atomic mass is 15.2. The number of fused-ring (bicyclic) bond motifs is 6. The molecule has 3 heterocycles. The lowest BCUT2D eigenvalue weighted by atomic mass is 9.55. The van der Waals surface area contributed by atoms with Gasteiger partial charge in [-0.25, -0.2) is 0 Å². The Morgan fingerprint density at radius 3 is 2.02 bits per heavy atom. The molecule has 2 nitrogen and oxygen atoms in total. The van der Waals surface area contributed by atoms with Crippen LogP contribution in [-0.4, -0.2) is 7.28 Å². The molecular formula is C45H40BN2. The summed E-state index contributed by atoms with van der Waals surface area (Å²) in [5.41, 5.74) is 22.8. The first-order valence-corrected chi connectivity index (χ1v) is 17.2. The molecule has 0 spiro atoms. The molecule has 6 aromatic carbocycles. The first kappa shape index (κ1) is 29.1. The van der Waals surface area contributed by atoms with Crippen molar-refractivity contribution in [2.75, 3.05) is 10.2 Å². The average molecular weight is 620 g/mol. The predicted molar refractivity (Wildman–Crippen MR) is 205 cm³/mol. The van der Waals surface area contributed by atoms with Crippen LogP contribution in [0.4, 0.5) is 28.4 Å². The van der Waals surface area contributed by atoms with Crippen molar-refractivity contribution in [3.8, 4) is 22.3 Å². The summed E-state index contributed by atoms with van der Waals surface area (Å²) in [4.78, 5) is 2.56. The van der Waals surface area contributed by atoms with Crippen LogP contribution in [0.2, 0.25) is 0 Å². The fourth-order valence-electron chi connectivity index (χ4n) is 9.13. The maximum Gasteiger partial charge on any atom is 0.197 e. The number of aryl methyl sites for hydroxylation is 3. The first-order chi connectivity index (χ1) is 23.1. The Morgan fingerprint density at radius 2 is 1.23 bits per heavy atom. The molecule has 0 atom stereocenters. The highest BCUT2D eigenvalue weighted by molar-refractivity contribution is 6.73. The van der Waals surface area contributed by atoms with Crippen molar-refractivity contribution < 1.29 is 0 Å². The molecule has 0 bridgehead atoms. The van der Waals surface area contributed by atoms with Crippen LogP contribution in [-0.2, 0) is 10.8 Å². The Bertz CT molecular complexity index is 2320. The molecule has 0 saturated carbocycles. The summed E-state index contributed by atoms with van der Waals surface area (Å²) in [6.45, 7) is 16.2. The van der Waals surface area contributed by atoms with Crippen molar-refractivity contribution in [2.45, 2.75) is 59.3 Å². The molecule has 0 aliphatic carbocycles. The van der Waals surface area contributed by atoms with E-state index >= 15 is 0 Å². The van der Waals surface area contributed by atoms with E-state index in [4.69, 9.17) is 0 Å². The van der Waals surface area contributed by atoms with Gasteiger partial charge in [0.25, 0.3) is 0 Å². The second kappa shape index (κ2) is 10.00. The molecule has 3 heteroatoms. The number of benzene rings is 6. The van der Waals surface area contributed by atoms with E-state index in [2.05, 4.69) is 175 Å². The molecular weight excluding hydrogens is 579 g/mol. The molecule has 0 amide bonds. The van der Waals surface area contributed by atoms with Gasteiger partial charge in [0.15, 0.2) is 7.28 Å². The van der Waals surface area contributed by atoms with E-state index in [1.807, 2.05) is 0 Å². The summed E-state index contributed by atoms with van der Waals surface area (Å²) in [5, 5.41) is 3.92. The number of hydrogen-bond acceptors (Lipinski definition) is 2. The highest BCUT2D eigenvalue weighted by Gasteiger charge is 2.41. The lowest BCUT2D eigenvalue weighted by molar-refractivity contribution is 0.632. The van der Waals surface area contributed by atoms with Gasteiger partial charge in [-0.2, -0.15) is 0 Å². The smallest absolute Gasteiger partial charge is 0.197 e. The van der Waals surface area contributed by atoms with Gasteiger partial charge in [-0.05, 0) is 101 Å². The Kier molecular flexibility index (Phi) is 6.07. The van der Waals surface area contributed by atoms with Gasteiger partial charge in [0.2, 0.25) is 0 Å². The van der Waals surface area contributed by atoms with Gasteiger partial charge in [0.05, 0.1) is 11.4 Å². The van der Waals surface area contributed by atoms with Crippen molar-refractivity contribution >= 4 is 46.6 Å². The zero-order chi connectivity index (χ0) is 33.1.